The molecule has 2 fully saturated rings. The fourth-order valence-corrected chi connectivity index (χ4v) is 7.06. The maximum atomic E-state index is 14.0. The van der Waals surface area contributed by atoms with Crippen LogP contribution in [0.3, 0.4) is 0 Å². The molecule has 14 nitrogen and oxygen atoms in total. The van der Waals surface area contributed by atoms with Crippen molar-refractivity contribution < 1.29 is 48.4 Å². The van der Waals surface area contributed by atoms with E-state index in [0.717, 1.165) is 6.20 Å². The largest absolute Gasteiger partial charge is 0.504 e. The Hall–Kier alpha value is -4.20. The third-order valence-corrected chi connectivity index (χ3v) is 9.09. The van der Waals surface area contributed by atoms with Gasteiger partial charge in [-0.3, -0.25) is 19.4 Å². The highest BCUT2D eigenvalue weighted by Crippen LogP contribution is 2.62. The average Bonchev–Trinajstić information content (AvgIpc) is 3.21. The van der Waals surface area contributed by atoms with E-state index in [-0.39, 0.29) is 60.9 Å². The molecule has 1 saturated heterocycles. The van der Waals surface area contributed by atoms with Gasteiger partial charge >= 0.3 is 17.9 Å². The highest BCUT2D eigenvalue weighted by atomic mass is 16.6. The number of carbonyl (C=O) groups is 5. The van der Waals surface area contributed by atoms with Gasteiger partial charge in [0.2, 0.25) is 5.78 Å². The summed E-state index contributed by atoms with van der Waals surface area (Å²) in [6.07, 6.45) is 0.0773. The number of nitrogens with two attached hydrogens (primary N) is 2. The van der Waals surface area contributed by atoms with Crippen LogP contribution in [0.1, 0.15) is 52.9 Å². The Bertz CT molecular complexity index is 1380. The minimum atomic E-state index is -1.44. The molecule has 1 saturated carbocycles. The van der Waals surface area contributed by atoms with E-state index >= 15 is 0 Å². The van der Waals surface area contributed by atoms with Gasteiger partial charge in [-0.25, -0.2) is 9.59 Å². The predicted octanol–water partition coefficient (Wildman–Crippen LogP) is 0.557. The van der Waals surface area contributed by atoms with Crippen LogP contribution in [0.25, 0.3) is 0 Å². The Morgan fingerprint density at radius 2 is 1.95 bits per heavy atom. The Labute approximate surface area is 248 Å². The van der Waals surface area contributed by atoms with Crippen molar-refractivity contribution >= 4 is 35.4 Å². The standard InChI is InChI=1S/C29H38N4O10/c1-13(34)42-17-10-28(2)15(7-8-18(28)35)20-22(17)29(3)19(12-41-4)43-26(40)14(21(29)24(37)23(20)36)11-33-16(25(38)39)6-5-9-32-27(30)31/h11,15-17,19,33,37H,5-10,12H2,1-4H3,(H,38,39)(H4,30,31,32)/b14-11-/t15-,16-,17+,19+,28-,29-/m0/s1. The van der Waals surface area contributed by atoms with Crippen molar-refractivity contribution in [3.63, 3.8) is 0 Å². The number of aliphatic hydroxyl groups is 1. The van der Waals surface area contributed by atoms with Gasteiger partial charge in [0.25, 0.3) is 0 Å². The van der Waals surface area contributed by atoms with Crippen LogP contribution >= 0.6 is 0 Å². The first-order valence-corrected chi connectivity index (χ1v) is 14.1. The van der Waals surface area contributed by atoms with Gasteiger partial charge in [-0.05, 0) is 31.8 Å². The molecule has 0 aromatic rings. The molecule has 4 rings (SSSR count). The topological polar surface area (TPSA) is 230 Å². The first-order valence-electron chi connectivity index (χ1n) is 14.1. The maximum Gasteiger partial charge on any atom is 0.340 e. The summed E-state index contributed by atoms with van der Waals surface area (Å²) in [7, 11) is 1.40. The van der Waals surface area contributed by atoms with E-state index in [2.05, 4.69) is 10.3 Å². The predicted molar refractivity (Wildman–Crippen MR) is 150 cm³/mol. The van der Waals surface area contributed by atoms with Gasteiger partial charge in [0.05, 0.1) is 17.6 Å². The number of ether oxygens (including phenoxy) is 3. The van der Waals surface area contributed by atoms with Crippen molar-refractivity contribution in [1.82, 2.24) is 5.32 Å². The molecular weight excluding hydrogens is 564 g/mol. The third-order valence-electron chi connectivity index (χ3n) is 9.09. The molecule has 0 spiro atoms. The van der Waals surface area contributed by atoms with Crippen molar-refractivity contribution in [1.29, 1.82) is 0 Å². The lowest BCUT2D eigenvalue weighted by Crippen LogP contribution is -2.57. The molecule has 4 aliphatic rings. The van der Waals surface area contributed by atoms with Gasteiger partial charge in [-0.1, -0.05) is 6.92 Å². The normalized spacial score (nSPS) is 31.6. The smallest absolute Gasteiger partial charge is 0.340 e. The molecule has 7 N–H and O–H groups in total. The summed E-state index contributed by atoms with van der Waals surface area (Å²) in [6, 6.07) is -1.18. The minimum Gasteiger partial charge on any atom is -0.504 e. The average molecular weight is 603 g/mol. The number of aliphatic hydroxyl groups excluding tert-OH is 1. The highest BCUT2D eigenvalue weighted by molar-refractivity contribution is 6.14. The molecule has 0 radical (unpaired) electrons. The van der Waals surface area contributed by atoms with Crippen LogP contribution in [0.15, 0.2) is 39.2 Å². The number of nitrogens with one attached hydrogen (secondary N) is 1. The van der Waals surface area contributed by atoms with Gasteiger partial charge in [0.15, 0.2) is 11.7 Å². The molecule has 0 amide bonds. The molecule has 3 aliphatic carbocycles. The number of rotatable bonds is 10. The molecule has 0 aromatic heterocycles. The number of ketones is 2. The number of methoxy groups -OCH3 is 1. The van der Waals surface area contributed by atoms with Crippen LogP contribution in [0.4, 0.5) is 0 Å². The summed E-state index contributed by atoms with van der Waals surface area (Å²) in [6.45, 7) is 4.65. The number of nitrogens with zero attached hydrogens (tertiary/aromatic N) is 1. The maximum absolute atomic E-state index is 14.0. The second-order valence-corrected chi connectivity index (χ2v) is 11.7. The van der Waals surface area contributed by atoms with Crippen LogP contribution < -0.4 is 16.8 Å². The zero-order chi connectivity index (χ0) is 31.9. The van der Waals surface area contributed by atoms with E-state index < -0.39 is 64.4 Å². The second-order valence-electron chi connectivity index (χ2n) is 11.7. The van der Waals surface area contributed by atoms with Crippen molar-refractivity contribution in [2.75, 3.05) is 20.3 Å². The summed E-state index contributed by atoms with van der Waals surface area (Å²) in [5.74, 6) is -5.04. The zero-order valence-electron chi connectivity index (χ0n) is 24.6. The Morgan fingerprint density at radius 1 is 1.26 bits per heavy atom. The first-order chi connectivity index (χ1) is 20.2. The fraction of sp³-hybridized carbons (Fsp3) is 0.586. The molecule has 1 heterocycles. The van der Waals surface area contributed by atoms with E-state index in [9.17, 15) is 34.2 Å². The number of cyclic esters (lactones) is 1. The number of allylic oxidation sites excluding steroid dienone is 1. The molecule has 0 bridgehead atoms. The number of Topliss-reactive ketones (excluding diaryl/α,β-unsaturated/α-hetero) is 2. The fourth-order valence-electron chi connectivity index (χ4n) is 7.06. The summed E-state index contributed by atoms with van der Waals surface area (Å²) in [5, 5.41) is 24.0. The number of carboxylic acid groups (broad SMARTS) is 1. The lowest BCUT2D eigenvalue weighted by atomic mass is 9.53. The summed E-state index contributed by atoms with van der Waals surface area (Å²) in [4.78, 5) is 68.5. The Balaban J connectivity index is 1.85. The lowest BCUT2D eigenvalue weighted by Gasteiger charge is -2.53. The number of aliphatic imine (C=N–C) groups is 1. The second kappa shape index (κ2) is 11.8. The van der Waals surface area contributed by atoms with E-state index in [1.165, 1.54) is 14.0 Å². The van der Waals surface area contributed by atoms with Gasteiger partial charge in [0.1, 0.15) is 24.0 Å². The van der Waals surface area contributed by atoms with Crippen molar-refractivity contribution in [2.45, 2.75) is 71.1 Å². The van der Waals surface area contributed by atoms with Gasteiger partial charge in [0, 0.05) is 62.1 Å². The summed E-state index contributed by atoms with van der Waals surface area (Å²) >= 11 is 0. The number of carboxylic acids is 1. The summed E-state index contributed by atoms with van der Waals surface area (Å²) in [5.41, 5.74) is 8.34. The highest BCUT2D eigenvalue weighted by Gasteiger charge is 2.64. The van der Waals surface area contributed by atoms with E-state index in [1.807, 2.05) is 0 Å². The number of guanidine groups is 1. The SMILES string of the molecule is COC[C@H]1OC(=O)/C(=C\N[C@@H](CCCN=C(N)N)C(=O)O)C2=C(O)C(=O)C3=C([C@H](OC(C)=O)C[C@]4(C)C(=O)CC[C@@H]34)[C@]21C. The molecule has 0 aromatic carbocycles. The van der Waals surface area contributed by atoms with Gasteiger partial charge < -0.3 is 41.2 Å². The monoisotopic (exact) mass is 602 g/mol. The lowest BCUT2D eigenvalue weighted by molar-refractivity contribution is -0.160. The molecule has 14 heteroatoms. The van der Waals surface area contributed by atoms with Crippen molar-refractivity contribution in [3.8, 4) is 0 Å². The zero-order valence-corrected chi connectivity index (χ0v) is 24.6. The summed E-state index contributed by atoms with van der Waals surface area (Å²) < 4.78 is 16.9. The molecule has 1 aliphatic heterocycles. The van der Waals surface area contributed by atoms with Crippen LogP contribution in [-0.2, 0) is 38.2 Å². The number of hydrogen-bond acceptors (Lipinski definition) is 11. The number of fused-ring (bicyclic) bond motifs is 4. The van der Waals surface area contributed by atoms with Crippen molar-refractivity contribution in [2.24, 2.45) is 33.2 Å². The Kier molecular flexibility index (Phi) is 8.72. The minimum absolute atomic E-state index is 0.0683. The number of hydrogen-bond donors (Lipinski definition) is 5. The Morgan fingerprint density at radius 3 is 2.56 bits per heavy atom. The molecule has 234 valence electrons. The third kappa shape index (κ3) is 5.39. The van der Waals surface area contributed by atoms with Gasteiger partial charge in [-0.15, -0.1) is 0 Å². The van der Waals surface area contributed by atoms with E-state index in [0.29, 0.717) is 18.4 Å². The van der Waals surface area contributed by atoms with Crippen LogP contribution in [0.5, 0.6) is 0 Å². The first kappa shape index (κ1) is 31.7. The van der Waals surface area contributed by atoms with Crippen LogP contribution in [0, 0.1) is 16.7 Å². The molecular formula is C29H38N4O10. The number of carbonyl (C=O) groups excluding carboxylic acids is 4. The molecule has 43 heavy (non-hydrogen) atoms. The van der Waals surface area contributed by atoms with Crippen LogP contribution in [0.2, 0.25) is 0 Å². The molecule has 6 atom stereocenters. The quantitative estimate of drug-likeness (QED) is 0.0757. The van der Waals surface area contributed by atoms with Gasteiger partial charge in [-0.2, -0.15) is 0 Å². The van der Waals surface area contributed by atoms with E-state index in [1.54, 1.807) is 13.8 Å². The van der Waals surface area contributed by atoms with E-state index in [4.69, 9.17) is 25.7 Å². The van der Waals surface area contributed by atoms with Crippen molar-refractivity contribution in [3.05, 3.63) is 34.3 Å². The number of aliphatic carboxylic acids is 1. The molecule has 0 unspecified atom stereocenters. The van der Waals surface area contributed by atoms with Crippen LogP contribution in [-0.4, -0.2) is 84.2 Å². The number of esters is 2.